The Bertz CT molecular complexity index is 149. The second kappa shape index (κ2) is 1.15. The first kappa shape index (κ1) is 5.59. The zero-order valence-electron chi connectivity index (χ0n) is 4.90. The van der Waals surface area contributed by atoms with E-state index in [2.05, 4.69) is 0 Å². The van der Waals surface area contributed by atoms with Crippen molar-refractivity contribution in [1.82, 2.24) is 0 Å². The molecule has 0 amide bonds. The van der Waals surface area contributed by atoms with E-state index in [0.717, 1.165) is 0 Å². The summed E-state index contributed by atoms with van der Waals surface area (Å²) in [5.74, 6) is -2.44. The van der Waals surface area contributed by atoms with Crippen molar-refractivity contribution >= 4 is 0 Å². The molecule has 52 valence electrons. The lowest BCUT2D eigenvalue weighted by Crippen LogP contribution is -2.34. The Morgan fingerprint density at radius 3 is 1.89 bits per heavy atom. The third-order valence-corrected chi connectivity index (χ3v) is 2.46. The van der Waals surface area contributed by atoms with Gasteiger partial charge >= 0.3 is 0 Å². The van der Waals surface area contributed by atoms with Gasteiger partial charge in [0.05, 0.1) is 6.10 Å². The van der Waals surface area contributed by atoms with Gasteiger partial charge in [-0.05, 0) is 12.8 Å². The van der Waals surface area contributed by atoms with E-state index < -0.39 is 17.4 Å². The molecule has 2 aliphatic carbocycles. The molecule has 9 heavy (non-hydrogen) atoms. The van der Waals surface area contributed by atoms with Gasteiger partial charge in [0.1, 0.15) is 0 Å². The van der Waals surface area contributed by atoms with Gasteiger partial charge in [-0.25, -0.2) is 8.78 Å². The quantitative estimate of drug-likeness (QED) is 0.527. The second-order valence-electron chi connectivity index (χ2n) is 3.22. The predicted octanol–water partition coefficient (Wildman–Crippen LogP) is 1.17. The van der Waals surface area contributed by atoms with Gasteiger partial charge in [0.25, 0.3) is 5.92 Å². The molecule has 1 N–H and O–H groups in total. The van der Waals surface area contributed by atoms with Crippen LogP contribution in [0.2, 0.25) is 0 Å². The fraction of sp³-hybridized carbons (Fsp3) is 1.00. The average molecular weight is 134 g/mol. The Morgan fingerprint density at radius 2 is 1.78 bits per heavy atom. The van der Waals surface area contributed by atoms with Gasteiger partial charge in [-0.2, -0.15) is 0 Å². The van der Waals surface area contributed by atoms with Crippen LogP contribution in [0.15, 0.2) is 0 Å². The van der Waals surface area contributed by atoms with Gasteiger partial charge in [0.15, 0.2) is 0 Å². The number of rotatable bonds is 0. The molecule has 2 aliphatic rings. The Labute approximate surface area is 51.7 Å². The minimum absolute atomic E-state index is 0.0110. The highest BCUT2D eigenvalue weighted by molar-refractivity contribution is 5.17. The van der Waals surface area contributed by atoms with Crippen molar-refractivity contribution in [3.63, 3.8) is 0 Å². The molecule has 0 aromatic carbocycles. The fourth-order valence-corrected chi connectivity index (χ4v) is 1.67. The lowest BCUT2D eigenvalue weighted by atomic mass is 9.78. The van der Waals surface area contributed by atoms with Crippen molar-refractivity contribution in [2.75, 3.05) is 0 Å². The van der Waals surface area contributed by atoms with Crippen LogP contribution in [0.1, 0.15) is 19.3 Å². The van der Waals surface area contributed by atoms with Crippen LogP contribution >= 0.6 is 0 Å². The monoisotopic (exact) mass is 134 g/mol. The summed E-state index contributed by atoms with van der Waals surface area (Å²) in [6.45, 7) is 0. The fourth-order valence-electron chi connectivity index (χ4n) is 1.67. The summed E-state index contributed by atoms with van der Waals surface area (Å²) in [5.41, 5.74) is -0.744. The predicted molar refractivity (Wildman–Crippen MR) is 27.2 cm³/mol. The van der Waals surface area contributed by atoms with E-state index in [4.69, 9.17) is 5.11 Å². The van der Waals surface area contributed by atoms with E-state index >= 15 is 0 Å². The summed E-state index contributed by atoms with van der Waals surface area (Å²) >= 11 is 0. The molecule has 0 atom stereocenters. The maximum Gasteiger partial charge on any atom is 0.254 e. The molecule has 0 unspecified atom stereocenters. The summed E-state index contributed by atoms with van der Waals surface area (Å²) < 4.78 is 24.6. The van der Waals surface area contributed by atoms with Gasteiger partial charge in [-0.1, -0.05) is 0 Å². The third kappa shape index (κ3) is 0.509. The van der Waals surface area contributed by atoms with Crippen LogP contribution in [-0.2, 0) is 0 Å². The largest absolute Gasteiger partial charge is 0.393 e. The van der Waals surface area contributed by atoms with Crippen LogP contribution in [0.4, 0.5) is 8.78 Å². The topological polar surface area (TPSA) is 20.2 Å². The Kier molecular flexibility index (Phi) is 0.712. The van der Waals surface area contributed by atoms with Gasteiger partial charge in [0, 0.05) is 11.8 Å². The van der Waals surface area contributed by atoms with Crippen molar-refractivity contribution in [2.45, 2.75) is 31.3 Å². The minimum Gasteiger partial charge on any atom is -0.393 e. The lowest BCUT2D eigenvalue weighted by molar-refractivity contribution is -0.0442. The average Bonchev–Trinajstić information content (AvgIpc) is 2.06. The third-order valence-electron chi connectivity index (χ3n) is 2.46. The summed E-state index contributed by atoms with van der Waals surface area (Å²) in [6, 6.07) is 0. The highest BCUT2D eigenvalue weighted by Gasteiger charge is 2.75. The van der Waals surface area contributed by atoms with Crippen LogP contribution in [0.25, 0.3) is 0 Å². The molecule has 0 saturated heterocycles. The smallest absolute Gasteiger partial charge is 0.254 e. The van der Waals surface area contributed by atoms with E-state index in [1.807, 2.05) is 0 Å². The SMILES string of the molecule is O[C@H]1C[C@]2(CC2(F)F)C1. The minimum atomic E-state index is -2.44. The lowest BCUT2D eigenvalue weighted by Gasteiger charge is -2.31. The first-order valence-corrected chi connectivity index (χ1v) is 3.12. The van der Waals surface area contributed by atoms with Gasteiger partial charge in [-0.15, -0.1) is 0 Å². The van der Waals surface area contributed by atoms with Crippen molar-refractivity contribution in [2.24, 2.45) is 5.41 Å². The molecule has 1 nitrogen and oxygen atoms in total. The van der Waals surface area contributed by atoms with Crippen LogP contribution in [0.3, 0.4) is 0 Å². The number of aliphatic hydroxyl groups excluding tert-OH is 1. The zero-order valence-corrected chi connectivity index (χ0v) is 4.90. The summed E-state index contributed by atoms with van der Waals surface area (Å²) in [5, 5.41) is 8.72. The molecule has 0 aromatic heterocycles. The van der Waals surface area contributed by atoms with Crippen LogP contribution in [-0.4, -0.2) is 17.1 Å². The Balaban J connectivity index is 2.03. The highest BCUT2D eigenvalue weighted by Crippen LogP contribution is 2.70. The molecule has 3 heteroatoms. The van der Waals surface area contributed by atoms with Crippen LogP contribution in [0, 0.1) is 5.41 Å². The molecule has 1 spiro atoms. The Morgan fingerprint density at radius 1 is 1.33 bits per heavy atom. The van der Waals surface area contributed by atoms with E-state index in [1.54, 1.807) is 0 Å². The molecule has 0 radical (unpaired) electrons. The van der Waals surface area contributed by atoms with Crippen molar-refractivity contribution in [1.29, 1.82) is 0 Å². The first-order chi connectivity index (χ1) is 4.06. The number of hydrogen-bond acceptors (Lipinski definition) is 1. The van der Waals surface area contributed by atoms with Crippen molar-refractivity contribution in [3.8, 4) is 0 Å². The van der Waals surface area contributed by atoms with E-state index in [1.165, 1.54) is 0 Å². The molecule has 0 heterocycles. The number of halogens is 2. The van der Waals surface area contributed by atoms with Crippen LogP contribution < -0.4 is 0 Å². The molecule has 0 aromatic rings. The van der Waals surface area contributed by atoms with Crippen LogP contribution in [0.5, 0.6) is 0 Å². The van der Waals surface area contributed by atoms with Crippen molar-refractivity contribution < 1.29 is 13.9 Å². The first-order valence-electron chi connectivity index (χ1n) is 3.12. The number of aliphatic hydroxyl groups is 1. The number of hydrogen-bond donors (Lipinski definition) is 1. The second-order valence-corrected chi connectivity index (χ2v) is 3.22. The molecular weight excluding hydrogens is 126 g/mol. The van der Waals surface area contributed by atoms with Gasteiger partial charge in [0.2, 0.25) is 0 Å². The summed E-state index contributed by atoms with van der Waals surface area (Å²) in [6.07, 6.45) is 0.204. The zero-order chi connectivity index (χ0) is 6.70. The summed E-state index contributed by atoms with van der Waals surface area (Å²) in [4.78, 5) is 0. The maximum absolute atomic E-state index is 12.3. The molecular formula is C6H8F2O. The normalized spacial score (nSPS) is 53.0. The van der Waals surface area contributed by atoms with Gasteiger partial charge < -0.3 is 5.11 Å². The molecule has 2 saturated carbocycles. The Hall–Kier alpha value is -0.180. The standard InChI is InChI=1S/C6H8F2O/c7-6(8)3-5(6)1-4(9)2-5/h4,9H,1-3H2/t4-,5+. The molecule has 2 fully saturated rings. The highest BCUT2D eigenvalue weighted by atomic mass is 19.3. The summed E-state index contributed by atoms with van der Waals surface area (Å²) in [7, 11) is 0. The van der Waals surface area contributed by atoms with Gasteiger partial charge in [-0.3, -0.25) is 0 Å². The van der Waals surface area contributed by atoms with Crippen molar-refractivity contribution in [3.05, 3.63) is 0 Å². The van der Waals surface area contributed by atoms with E-state index in [-0.39, 0.29) is 6.42 Å². The molecule has 0 bridgehead atoms. The number of alkyl halides is 2. The van der Waals surface area contributed by atoms with E-state index in [9.17, 15) is 8.78 Å². The van der Waals surface area contributed by atoms with E-state index in [0.29, 0.717) is 12.8 Å². The molecule has 2 rings (SSSR count). The maximum atomic E-state index is 12.3. The molecule has 0 aliphatic heterocycles.